The van der Waals surface area contributed by atoms with Gasteiger partial charge in [0, 0.05) is 27.4 Å². The Morgan fingerprint density at radius 2 is 1.42 bits per heavy atom. The summed E-state index contributed by atoms with van der Waals surface area (Å²) in [5, 5.41) is 18.4. The Balaban J connectivity index is 1.72. The average molecular weight is 424 g/mol. The SMILES string of the molecule is O=C(Nc1ccc2cc3ccccc3cc2c1-c1ccccc1O)c1ccc(Cl)cc1. The molecule has 0 heterocycles. The lowest BCUT2D eigenvalue weighted by atomic mass is 9.93. The number of fused-ring (bicyclic) bond motifs is 2. The lowest BCUT2D eigenvalue weighted by Gasteiger charge is -2.16. The third-order valence-electron chi connectivity index (χ3n) is 5.41. The fourth-order valence-electron chi connectivity index (χ4n) is 3.89. The van der Waals surface area contributed by atoms with Gasteiger partial charge in [-0.3, -0.25) is 4.79 Å². The van der Waals surface area contributed by atoms with Crippen molar-refractivity contribution < 1.29 is 9.90 Å². The van der Waals surface area contributed by atoms with Gasteiger partial charge in [0.15, 0.2) is 0 Å². The smallest absolute Gasteiger partial charge is 0.255 e. The molecule has 4 heteroatoms. The number of amides is 1. The number of aromatic hydroxyl groups is 1. The van der Waals surface area contributed by atoms with Crippen LogP contribution < -0.4 is 5.32 Å². The number of carbonyl (C=O) groups excluding carboxylic acids is 1. The highest BCUT2D eigenvalue weighted by molar-refractivity contribution is 6.30. The zero-order chi connectivity index (χ0) is 21.4. The van der Waals surface area contributed by atoms with E-state index in [-0.39, 0.29) is 11.7 Å². The number of para-hydroxylation sites is 1. The highest BCUT2D eigenvalue weighted by Gasteiger charge is 2.16. The Morgan fingerprint density at radius 3 is 2.16 bits per heavy atom. The van der Waals surface area contributed by atoms with E-state index >= 15 is 0 Å². The number of hydrogen-bond donors (Lipinski definition) is 2. The third kappa shape index (κ3) is 3.60. The van der Waals surface area contributed by atoms with Crippen LogP contribution in [0.2, 0.25) is 5.02 Å². The maximum Gasteiger partial charge on any atom is 0.255 e. The molecule has 5 rings (SSSR count). The second kappa shape index (κ2) is 7.78. The van der Waals surface area contributed by atoms with Crippen LogP contribution in [0.25, 0.3) is 32.7 Å². The van der Waals surface area contributed by atoms with Crippen LogP contribution in [0.3, 0.4) is 0 Å². The molecule has 5 aromatic rings. The van der Waals surface area contributed by atoms with E-state index < -0.39 is 0 Å². The van der Waals surface area contributed by atoms with Crippen LogP contribution in [0.4, 0.5) is 5.69 Å². The molecule has 0 spiro atoms. The largest absolute Gasteiger partial charge is 0.507 e. The minimum atomic E-state index is -0.242. The van der Waals surface area contributed by atoms with Crippen LogP contribution in [0, 0.1) is 0 Å². The molecule has 2 N–H and O–H groups in total. The summed E-state index contributed by atoms with van der Waals surface area (Å²) in [4.78, 5) is 12.9. The summed E-state index contributed by atoms with van der Waals surface area (Å²) < 4.78 is 0. The Bertz CT molecular complexity index is 1440. The number of phenolic OH excluding ortho intramolecular Hbond substituents is 1. The van der Waals surface area contributed by atoms with Gasteiger partial charge in [-0.25, -0.2) is 0 Å². The summed E-state index contributed by atoms with van der Waals surface area (Å²) >= 11 is 5.95. The molecule has 3 nitrogen and oxygen atoms in total. The van der Waals surface area contributed by atoms with Crippen molar-refractivity contribution in [2.45, 2.75) is 0 Å². The molecule has 0 aliphatic heterocycles. The van der Waals surface area contributed by atoms with Crippen molar-refractivity contribution in [2.75, 3.05) is 5.32 Å². The van der Waals surface area contributed by atoms with Crippen molar-refractivity contribution in [1.29, 1.82) is 0 Å². The van der Waals surface area contributed by atoms with E-state index in [1.165, 1.54) is 0 Å². The molecule has 0 aromatic heterocycles. The maximum atomic E-state index is 12.9. The average Bonchev–Trinajstić information content (AvgIpc) is 2.79. The molecule has 0 aliphatic rings. The molecule has 150 valence electrons. The van der Waals surface area contributed by atoms with Gasteiger partial charge < -0.3 is 10.4 Å². The predicted molar refractivity (Wildman–Crippen MR) is 128 cm³/mol. The fraction of sp³-hybridized carbons (Fsp3) is 0. The first-order chi connectivity index (χ1) is 15.1. The quantitative estimate of drug-likeness (QED) is 0.300. The lowest BCUT2D eigenvalue weighted by Crippen LogP contribution is -2.12. The van der Waals surface area contributed by atoms with E-state index in [0.717, 1.165) is 27.1 Å². The van der Waals surface area contributed by atoms with Crippen LogP contribution in [0.5, 0.6) is 5.75 Å². The number of hydrogen-bond acceptors (Lipinski definition) is 2. The van der Waals surface area contributed by atoms with E-state index in [9.17, 15) is 9.90 Å². The summed E-state index contributed by atoms with van der Waals surface area (Å²) in [6.07, 6.45) is 0. The van der Waals surface area contributed by atoms with Gasteiger partial charge in [-0.15, -0.1) is 0 Å². The number of benzene rings is 5. The molecular weight excluding hydrogens is 406 g/mol. The van der Waals surface area contributed by atoms with Gasteiger partial charge in [0.25, 0.3) is 5.91 Å². The Hall–Kier alpha value is -3.82. The van der Waals surface area contributed by atoms with Gasteiger partial charge in [-0.1, -0.05) is 60.1 Å². The lowest BCUT2D eigenvalue weighted by molar-refractivity contribution is 0.102. The minimum absolute atomic E-state index is 0.158. The van der Waals surface area contributed by atoms with Crippen molar-refractivity contribution in [3.63, 3.8) is 0 Å². The van der Waals surface area contributed by atoms with Crippen LogP contribution >= 0.6 is 11.6 Å². The monoisotopic (exact) mass is 423 g/mol. The maximum absolute atomic E-state index is 12.9. The second-order valence-electron chi connectivity index (χ2n) is 7.39. The minimum Gasteiger partial charge on any atom is -0.507 e. The first-order valence-electron chi connectivity index (χ1n) is 9.91. The zero-order valence-corrected chi connectivity index (χ0v) is 17.2. The van der Waals surface area contributed by atoms with E-state index in [1.807, 2.05) is 36.4 Å². The number of anilines is 1. The molecule has 0 atom stereocenters. The molecule has 0 unspecified atom stereocenters. The molecule has 0 fully saturated rings. The molecular formula is C27H18ClNO2. The van der Waals surface area contributed by atoms with Crippen molar-refractivity contribution in [3.8, 4) is 16.9 Å². The predicted octanol–water partition coefficient (Wildman–Crippen LogP) is 7.27. The number of halogens is 1. The number of carbonyl (C=O) groups is 1. The Kier molecular flexibility index (Phi) is 4.81. The third-order valence-corrected chi connectivity index (χ3v) is 5.67. The standard InChI is InChI=1S/C27H18ClNO2/c28-21-12-9-17(10-13-21)27(31)29-24-14-11-20-15-18-5-1-2-6-19(18)16-23(20)26(24)22-7-3-4-8-25(22)30/h1-16,30H,(H,29,31). The van der Waals surface area contributed by atoms with Crippen LogP contribution in [0.15, 0.2) is 97.1 Å². The van der Waals surface area contributed by atoms with Crippen molar-refractivity contribution in [1.82, 2.24) is 0 Å². The molecule has 0 radical (unpaired) electrons. The second-order valence-corrected chi connectivity index (χ2v) is 7.82. The number of rotatable bonds is 3. The van der Waals surface area contributed by atoms with Gasteiger partial charge in [0.05, 0.1) is 0 Å². The van der Waals surface area contributed by atoms with E-state index in [0.29, 0.717) is 21.8 Å². The van der Waals surface area contributed by atoms with E-state index in [1.54, 1.807) is 36.4 Å². The summed E-state index contributed by atoms with van der Waals surface area (Å²) in [7, 11) is 0. The normalized spacial score (nSPS) is 11.0. The molecule has 31 heavy (non-hydrogen) atoms. The highest BCUT2D eigenvalue weighted by atomic mass is 35.5. The molecule has 0 aliphatic carbocycles. The van der Waals surface area contributed by atoms with Crippen LogP contribution in [-0.2, 0) is 0 Å². The van der Waals surface area contributed by atoms with Crippen LogP contribution in [0.1, 0.15) is 10.4 Å². The van der Waals surface area contributed by atoms with Gasteiger partial charge in [-0.2, -0.15) is 0 Å². The summed E-state index contributed by atoms with van der Waals surface area (Å²) in [5.74, 6) is -0.0846. The molecule has 0 saturated carbocycles. The van der Waals surface area contributed by atoms with Gasteiger partial charge in [-0.05, 0) is 70.1 Å². The Morgan fingerprint density at radius 1 is 0.742 bits per heavy atom. The fourth-order valence-corrected chi connectivity index (χ4v) is 4.01. The molecule has 0 saturated heterocycles. The number of nitrogens with one attached hydrogen (secondary N) is 1. The van der Waals surface area contributed by atoms with Crippen molar-refractivity contribution in [2.24, 2.45) is 0 Å². The van der Waals surface area contributed by atoms with Gasteiger partial charge in [0.2, 0.25) is 0 Å². The van der Waals surface area contributed by atoms with Crippen molar-refractivity contribution in [3.05, 3.63) is 108 Å². The first kappa shape index (κ1) is 19.2. The first-order valence-corrected chi connectivity index (χ1v) is 10.3. The van der Waals surface area contributed by atoms with E-state index in [4.69, 9.17) is 11.6 Å². The topological polar surface area (TPSA) is 49.3 Å². The molecule has 1 amide bonds. The van der Waals surface area contributed by atoms with Gasteiger partial charge >= 0.3 is 0 Å². The van der Waals surface area contributed by atoms with E-state index in [2.05, 4.69) is 29.6 Å². The zero-order valence-electron chi connectivity index (χ0n) is 16.5. The van der Waals surface area contributed by atoms with Crippen molar-refractivity contribution >= 4 is 44.7 Å². The van der Waals surface area contributed by atoms with Gasteiger partial charge in [0.1, 0.15) is 5.75 Å². The molecule has 5 aromatic carbocycles. The number of phenols is 1. The van der Waals surface area contributed by atoms with Crippen LogP contribution in [-0.4, -0.2) is 11.0 Å². The molecule has 0 bridgehead atoms. The summed E-state index contributed by atoms with van der Waals surface area (Å²) in [5.41, 5.74) is 2.58. The highest BCUT2D eigenvalue weighted by Crippen LogP contribution is 2.41. The Labute approximate surface area is 184 Å². The summed E-state index contributed by atoms with van der Waals surface area (Å²) in [6, 6.07) is 30.2. The summed E-state index contributed by atoms with van der Waals surface area (Å²) in [6.45, 7) is 0.